The highest BCUT2D eigenvalue weighted by Crippen LogP contribution is 2.33. The van der Waals surface area contributed by atoms with Crippen molar-refractivity contribution >= 4 is 39.4 Å². The van der Waals surface area contributed by atoms with E-state index in [9.17, 15) is 4.79 Å². The second-order valence-electron chi connectivity index (χ2n) is 6.90. The number of anilines is 1. The van der Waals surface area contributed by atoms with Crippen molar-refractivity contribution in [3.05, 3.63) is 88.0 Å². The zero-order valence-electron chi connectivity index (χ0n) is 17.8. The fraction of sp³-hybridized carbons (Fsp3) is 0.120. The van der Waals surface area contributed by atoms with E-state index in [4.69, 9.17) is 19.2 Å². The number of para-hydroxylation sites is 1. The first-order valence-electron chi connectivity index (χ1n) is 9.81. The second kappa shape index (κ2) is 9.28. The van der Waals surface area contributed by atoms with E-state index < -0.39 is 0 Å². The molecule has 4 rings (SSSR count). The third-order valence-corrected chi connectivity index (χ3v) is 5.48. The number of benzene rings is 3. The average Bonchev–Trinajstić information content (AvgIpc) is 3.14. The molecule has 1 aliphatic rings. The molecule has 162 valence electrons. The summed E-state index contributed by atoms with van der Waals surface area (Å²) in [6, 6.07) is 20.5. The molecule has 1 aliphatic heterocycles. The number of carbonyl (C=O) groups excluding carboxylic acids is 1. The highest BCUT2D eigenvalue weighted by molar-refractivity contribution is 9.10. The largest absolute Gasteiger partial charge is 0.496 e. The molecule has 0 fully saturated rings. The number of hydrogen-bond donors (Lipinski definition) is 0. The molecule has 0 saturated heterocycles. The first-order valence-corrected chi connectivity index (χ1v) is 10.6. The van der Waals surface area contributed by atoms with E-state index in [-0.39, 0.29) is 5.91 Å². The molecular formula is C25H21BrN2O4. The Balaban J connectivity index is 1.85. The van der Waals surface area contributed by atoms with Crippen LogP contribution in [0.3, 0.4) is 0 Å². The van der Waals surface area contributed by atoms with Crippen molar-refractivity contribution in [3.8, 4) is 17.2 Å². The number of methoxy groups -OCH3 is 3. The van der Waals surface area contributed by atoms with Crippen LogP contribution in [0.1, 0.15) is 11.1 Å². The predicted molar refractivity (Wildman–Crippen MR) is 129 cm³/mol. The standard InChI is InChI=1S/C25H21BrN2O4/c1-30-21-10-5-4-9-19(21)24-27-20(13-16-11-12-22(31-2)23(14-16)32-3)25(29)28(24)18-8-6-7-17(26)15-18/h4-15H,1-3H3/b20-13-. The van der Waals surface area contributed by atoms with Crippen LogP contribution in [0.25, 0.3) is 6.08 Å². The summed E-state index contributed by atoms with van der Waals surface area (Å²) in [5.74, 6) is 2.08. The van der Waals surface area contributed by atoms with Crippen molar-refractivity contribution < 1.29 is 19.0 Å². The molecule has 0 saturated carbocycles. The molecule has 0 atom stereocenters. The number of aliphatic imine (C=N–C) groups is 1. The summed E-state index contributed by atoms with van der Waals surface area (Å²) < 4.78 is 17.1. The van der Waals surface area contributed by atoms with E-state index in [2.05, 4.69) is 15.9 Å². The molecule has 0 aliphatic carbocycles. The lowest BCUT2D eigenvalue weighted by molar-refractivity contribution is -0.113. The molecule has 0 N–H and O–H groups in total. The second-order valence-corrected chi connectivity index (χ2v) is 7.82. The molecule has 7 heteroatoms. The minimum absolute atomic E-state index is 0.237. The zero-order chi connectivity index (χ0) is 22.7. The number of ether oxygens (including phenoxy) is 3. The Labute approximate surface area is 194 Å². The van der Waals surface area contributed by atoms with Crippen LogP contribution in [-0.4, -0.2) is 33.1 Å². The molecule has 32 heavy (non-hydrogen) atoms. The normalized spacial score (nSPS) is 14.5. The van der Waals surface area contributed by atoms with Crippen molar-refractivity contribution in [3.63, 3.8) is 0 Å². The molecule has 0 radical (unpaired) electrons. The lowest BCUT2D eigenvalue weighted by Crippen LogP contribution is -2.32. The van der Waals surface area contributed by atoms with Crippen molar-refractivity contribution in [2.75, 3.05) is 26.2 Å². The van der Waals surface area contributed by atoms with Crippen LogP contribution in [0.4, 0.5) is 5.69 Å². The Kier molecular flexibility index (Phi) is 6.28. The number of halogens is 1. The van der Waals surface area contributed by atoms with Crippen LogP contribution in [0.15, 0.2) is 81.9 Å². The Morgan fingerprint density at radius 3 is 2.31 bits per heavy atom. The smallest absolute Gasteiger partial charge is 0.282 e. The highest BCUT2D eigenvalue weighted by atomic mass is 79.9. The van der Waals surface area contributed by atoms with Gasteiger partial charge in [0, 0.05) is 4.47 Å². The Bertz CT molecular complexity index is 1240. The van der Waals surface area contributed by atoms with Gasteiger partial charge in [-0.15, -0.1) is 0 Å². The maximum atomic E-state index is 13.5. The summed E-state index contributed by atoms with van der Waals surface area (Å²) in [4.78, 5) is 19.8. The van der Waals surface area contributed by atoms with Gasteiger partial charge < -0.3 is 14.2 Å². The summed E-state index contributed by atoms with van der Waals surface area (Å²) in [6.45, 7) is 0. The van der Waals surface area contributed by atoms with Crippen LogP contribution in [0.2, 0.25) is 0 Å². The van der Waals surface area contributed by atoms with Gasteiger partial charge in [-0.25, -0.2) is 4.99 Å². The predicted octanol–water partition coefficient (Wildman–Crippen LogP) is 5.31. The number of carbonyl (C=O) groups is 1. The lowest BCUT2D eigenvalue weighted by Gasteiger charge is -2.20. The van der Waals surface area contributed by atoms with Gasteiger partial charge in [0.2, 0.25) is 0 Å². The van der Waals surface area contributed by atoms with Crippen LogP contribution >= 0.6 is 15.9 Å². The average molecular weight is 493 g/mol. The summed E-state index contributed by atoms with van der Waals surface area (Å²) >= 11 is 3.49. The minimum Gasteiger partial charge on any atom is -0.496 e. The maximum absolute atomic E-state index is 13.5. The van der Waals surface area contributed by atoms with Gasteiger partial charge in [0.1, 0.15) is 11.4 Å². The zero-order valence-corrected chi connectivity index (χ0v) is 19.4. The van der Waals surface area contributed by atoms with E-state index in [1.165, 1.54) is 0 Å². The summed E-state index contributed by atoms with van der Waals surface area (Å²) in [5.41, 5.74) is 2.49. The van der Waals surface area contributed by atoms with E-state index in [1.807, 2.05) is 54.6 Å². The fourth-order valence-corrected chi connectivity index (χ4v) is 3.87. The fourth-order valence-electron chi connectivity index (χ4n) is 3.48. The molecule has 3 aromatic rings. The molecule has 1 amide bonds. The SMILES string of the molecule is COc1ccc(/C=C2\N=C(c3ccccc3OC)N(c3cccc(Br)c3)C2=O)cc1OC. The van der Waals surface area contributed by atoms with Crippen molar-refractivity contribution in [2.45, 2.75) is 0 Å². The molecule has 1 heterocycles. The molecule has 0 aromatic heterocycles. The number of rotatable bonds is 6. The number of nitrogens with zero attached hydrogens (tertiary/aromatic N) is 2. The first kappa shape index (κ1) is 21.6. The monoisotopic (exact) mass is 492 g/mol. The maximum Gasteiger partial charge on any atom is 0.282 e. The van der Waals surface area contributed by atoms with E-state index in [0.717, 1.165) is 15.6 Å². The summed E-state index contributed by atoms with van der Waals surface area (Å²) in [5, 5.41) is 0. The number of amidine groups is 1. The van der Waals surface area contributed by atoms with E-state index in [1.54, 1.807) is 44.4 Å². The highest BCUT2D eigenvalue weighted by Gasteiger charge is 2.34. The van der Waals surface area contributed by atoms with Gasteiger partial charge in [-0.3, -0.25) is 9.69 Å². The van der Waals surface area contributed by atoms with Crippen molar-refractivity contribution in [1.82, 2.24) is 0 Å². The van der Waals surface area contributed by atoms with Gasteiger partial charge in [-0.1, -0.05) is 40.2 Å². The van der Waals surface area contributed by atoms with Gasteiger partial charge in [-0.2, -0.15) is 0 Å². The number of hydrogen-bond acceptors (Lipinski definition) is 5. The van der Waals surface area contributed by atoms with Crippen molar-refractivity contribution in [1.29, 1.82) is 0 Å². The summed E-state index contributed by atoms with van der Waals surface area (Å²) in [6.07, 6.45) is 1.73. The first-order chi connectivity index (χ1) is 15.5. The summed E-state index contributed by atoms with van der Waals surface area (Å²) in [7, 11) is 4.75. The third kappa shape index (κ3) is 4.11. The minimum atomic E-state index is -0.237. The molecule has 0 spiro atoms. The molecule has 0 bridgehead atoms. The van der Waals surface area contributed by atoms with Gasteiger partial charge >= 0.3 is 0 Å². The van der Waals surface area contributed by atoms with E-state index >= 15 is 0 Å². The van der Waals surface area contributed by atoms with Gasteiger partial charge in [0.05, 0.1) is 32.6 Å². The van der Waals surface area contributed by atoms with Gasteiger partial charge in [-0.05, 0) is 54.1 Å². The van der Waals surface area contributed by atoms with Crippen molar-refractivity contribution in [2.24, 2.45) is 4.99 Å². The van der Waals surface area contributed by atoms with E-state index in [0.29, 0.717) is 34.5 Å². The van der Waals surface area contributed by atoms with Gasteiger partial charge in [0.15, 0.2) is 17.3 Å². The lowest BCUT2D eigenvalue weighted by atomic mass is 10.1. The van der Waals surface area contributed by atoms with Crippen LogP contribution in [-0.2, 0) is 4.79 Å². The Morgan fingerprint density at radius 2 is 1.59 bits per heavy atom. The molecular weight excluding hydrogens is 472 g/mol. The quantitative estimate of drug-likeness (QED) is 0.437. The molecule has 0 unspecified atom stereocenters. The molecule has 3 aromatic carbocycles. The number of amides is 1. The Hall–Kier alpha value is -3.58. The topological polar surface area (TPSA) is 60.4 Å². The van der Waals surface area contributed by atoms with Crippen LogP contribution in [0.5, 0.6) is 17.2 Å². The Morgan fingerprint density at radius 1 is 0.844 bits per heavy atom. The van der Waals surface area contributed by atoms with Crippen LogP contribution in [0, 0.1) is 0 Å². The molecule has 6 nitrogen and oxygen atoms in total. The van der Waals surface area contributed by atoms with Gasteiger partial charge in [0.25, 0.3) is 5.91 Å². The van der Waals surface area contributed by atoms with Crippen LogP contribution < -0.4 is 19.1 Å². The third-order valence-electron chi connectivity index (χ3n) is 4.99.